The van der Waals surface area contributed by atoms with Crippen molar-refractivity contribution in [2.45, 2.75) is 39.5 Å². The zero-order valence-corrected chi connectivity index (χ0v) is 19.5. The Morgan fingerprint density at radius 1 is 1.06 bits per heavy atom. The van der Waals surface area contributed by atoms with Crippen LogP contribution in [-0.2, 0) is 26.2 Å². The number of carboxylic acid groups (broad SMARTS) is 1. The smallest absolute Gasteiger partial charge is 0.307 e. The standard InChI is InChI=1S/C26H23NO8/c1-11-22(32)20(13(3)28)24-21(23(11)33)26(4)17(35-24)10-16(29)19(25(26)34)12(2)27-15-7-5-14(6-8-15)9-18(30)31/h5-8,10,27,32-33H,9H2,1-4H3,(H,30,31). The molecule has 4 N–H and O–H groups in total. The van der Waals surface area contributed by atoms with Gasteiger partial charge in [0.15, 0.2) is 17.3 Å². The summed E-state index contributed by atoms with van der Waals surface area (Å²) < 4.78 is 5.74. The Morgan fingerprint density at radius 2 is 1.69 bits per heavy atom. The predicted molar refractivity (Wildman–Crippen MR) is 125 cm³/mol. The van der Waals surface area contributed by atoms with E-state index in [0.717, 1.165) is 6.08 Å². The Bertz CT molecular complexity index is 1400. The molecular formula is C26H23NO8. The third-order valence-corrected chi connectivity index (χ3v) is 6.40. The van der Waals surface area contributed by atoms with E-state index in [2.05, 4.69) is 5.32 Å². The molecule has 0 amide bonds. The number of rotatable bonds is 5. The zero-order chi connectivity index (χ0) is 25.8. The fraction of sp³-hybridized carbons (Fsp3) is 0.231. The lowest BCUT2D eigenvalue weighted by molar-refractivity contribution is -0.136. The van der Waals surface area contributed by atoms with Crippen LogP contribution in [0.1, 0.15) is 47.8 Å². The highest BCUT2D eigenvalue weighted by atomic mass is 16.5. The minimum atomic E-state index is -1.60. The lowest BCUT2D eigenvalue weighted by Gasteiger charge is -2.29. The van der Waals surface area contributed by atoms with Crippen LogP contribution < -0.4 is 10.1 Å². The van der Waals surface area contributed by atoms with E-state index < -0.39 is 40.2 Å². The number of Topliss-reactive ketones (excluding diaryl/α,β-unsaturated/α-hetero) is 2. The number of phenolic OH excluding ortho intramolecular Hbond substituents is 2. The number of carboxylic acids is 1. The van der Waals surface area contributed by atoms with Gasteiger partial charge in [0.05, 0.1) is 17.6 Å². The van der Waals surface area contributed by atoms with Crippen molar-refractivity contribution in [3.05, 3.63) is 69.6 Å². The molecule has 1 heterocycles. The van der Waals surface area contributed by atoms with Gasteiger partial charge in [0.25, 0.3) is 0 Å². The first-order chi connectivity index (χ1) is 16.4. The highest BCUT2D eigenvalue weighted by Gasteiger charge is 2.56. The van der Waals surface area contributed by atoms with Crippen LogP contribution in [0.15, 0.2) is 47.4 Å². The number of allylic oxidation sites excluding steroid dienone is 4. The summed E-state index contributed by atoms with van der Waals surface area (Å²) in [5, 5.41) is 33.2. The molecule has 2 aromatic carbocycles. The number of aromatic hydroxyl groups is 2. The molecule has 2 aliphatic rings. The van der Waals surface area contributed by atoms with Crippen LogP contribution in [0.5, 0.6) is 17.2 Å². The van der Waals surface area contributed by atoms with E-state index >= 15 is 0 Å². The Balaban J connectivity index is 1.81. The van der Waals surface area contributed by atoms with Crippen molar-refractivity contribution in [2.75, 3.05) is 5.32 Å². The molecule has 9 nitrogen and oxygen atoms in total. The Hall–Kier alpha value is -4.40. The minimum Gasteiger partial charge on any atom is -0.507 e. The van der Waals surface area contributed by atoms with Crippen LogP contribution in [0.2, 0.25) is 0 Å². The monoisotopic (exact) mass is 477 g/mol. The molecule has 2 aromatic rings. The third kappa shape index (κ3) is 3.56. The van der Waals surface area contributed by atoms with Crippen molar-refractivity contribution in [3.63, 3.8) is 0 Å². The van der Waals surface area contributed by atoms with Crippen molar-refractivity contribution < 1.29 is 39.2 Å². The molecule has 35 heavy (non-hydrogen) atoms. The Morgan fingerprint density at radius 3 is 2.26 bits per heavy atom. The van der Waals surface area contributed by atoms with Crippen LogP contribution >= 0.6 is 0 Å². The maximum atomic E-state index is 13.8. The lowest BCUT2D eigenvalue weighted by Crippen LogP contribution is -2.40. The summed E-state index contributed by atoms with van der Waals surface area (Å²) in [5.74, 6) is -3.77. The maximum Gasteiger partial charge on any atom is 0.307 e. The van der Waals surface area contributed by atoms with Gasteiger partial charge in [0.1, 0.15) is 34.0 Å². The van der Waals surface area contributed by atoms with Gasteiger partial charge in [-0.25, -0.2) is 0 Å². The summed E-state index contributed by atoms with van der Waals surface area (Å²) in [6, 6.07) is 6.51. The highest BCUT2D eigenvalue weighted by Crippen LogP contribution is 2.57. The van der Waals surface area contributed by atoms with E-state index in [4.69, 9.17) is 9.84 Å². The predicted octanol–water partition coefficient (Wildman–Crippen LogP) is 3.31. The van der Waals surface area contributed by atoms with Gasteiger partial charge in [0.2, 0.25) is 0 Å². The number of carbonyl (C=O) groups excluding carboxylic acids is 3. The van der Waals surface area contributed by atoms with Crippen molar-refractivity contribution in [3.8, 4) is 17.2 Å². The fourth-order valence-electron chi connectivity index (χ4n) is 4.52. The molecule has 1 unspecified atom stereocenters. The van der Waals surface area contributed by atoms with Gasteiger partial charge >= 0.3 is 5.97 Å². The number of phenols is 2. The van der Waals surface area contributed by atoms with Gasteiger partial charge in [-0.05, 0) is 45.4 Å². The second kappa shape index (κ2) is 8.12. The molecule has 1 aliphatic carbocycles. The first-order valence-corrected chi connectivity index (χ1v) is 10.8. The summed E-state index contributed by atoms with van der Waals surface area (Å²) in [7, 11) is 0. The maximum absolute atomic E-state index is 13.8. The number of nitrogens with one attached hydrogen (secondary N) is 1. The fourth-order valence-corrected chi connectivity index (χ4v) is 4.52. The van der Waals surface area contributed by atoms with Crippen molar-refractivity contribution in [1.82, 2.24) is 0 Å². The van der Waals surface area contributed by atoms with Crippen LogP contribution in [-0.4, -0.2) is 38.6 Å². The SMILES string of the molecule is CC(=O)c1c(O)c(C)c(O)c2c1OC1=CC(=O)C(=C(C)Nc3ccc(CC(=O)O)cc3)C(=O)C12C. The topological polar surface area (TPSA) is 150 Å². The second-order valence-electron chi connectivity index (χ2n) is 8.78. The van der Waals surface area contributed by atoms with E-state index in [1.165, 1.54) is 20.8 Å². The van der Waals surface area contributed by atoms with Gasteiger partial charge in [-0.15, -0.1) is 0 Å². The molecule has 0 fully saturated rings. The van der Waals surface area contributed by atoms with Crippen molar-refractivity contribution >= 4 is 29.0 Å². The van der Waals surface area contributed by atoms with Gasteiger partial charge < -0.3 is 25.4 Å². The van der Waals surface area contributed by atoms with Crippen LogP contribution in [0.3, 0.4) is 0 Å². The summed E-state index contributed by atoms with van der Waals surface area (Å²) in [4.78, 5) is 49.9. The first kappa shape index (κ1) is 23.7. The average molecular weight is 477 g/mol. The number of ether oxygens (including phenoxy) is 1. The number of anilines is 1. The number of hydrogen-bond acceptors (Lipinski definition) is 8. The van der Waals surface area contributed by atoms with Gasteiger partial charge in [0, 0.05) is 23.0 Å². The Labute approximate surface area is 200 Å². The second-order valence-corrected chi connectivity index (χ2v) is 8.78. The summed E-state index contributed by atoms with van der Waals surface area (Å²) in [6.07, 6.45) is 1.01. The van der Waals surface area contributed by atoms with Crippen molar-refractivity contribution in [2.24, 2.45) is 0 Å². The normalized spacial score (nSPS) is 19.9. The van der Waals surface area contributed by atoms with E-state index in [1.54, 1.807) is 31.2 Å². The van der Waals surface area contributed by atoms with Gasteiger partial charge in [-0.3, -0.25) is 19.2 Å². The van der Waals surface area contributed by atoms with Crippen LogP contribution in [0, 0.1) is 6.92 Å². The summed E-state index contributed by atoms with van der Waals surface area (Å²) in [5.41, 5.74) is -0.511. The van der Waals surface area contributed by atoms with Crippen molar-refractivity contribution in [1.29, 1.82) is 0 Å². The van der Waals surface area contributed by atoms with E-state index in [9.17, 15) is 29.4 Å². The van der Waals surface area contributed by atoms with E-state index in [0.29, 0.717) is 11.3 Å². The number of ketones is 3. The summed E-state index contributed by atoms with van der Waals surface area (Å²) in [6.45, 7) is 5.69. The molecular weight excluding hydrogens is 454 g/mol. The van der Waals surface area contributed by atoms with Crippen LogP contribution in [0.4, 0.5) is 5.69 Å². The molecule has 1 atom stereocenters. The molecule has 180 valence electrons. The summed E-state index contributed by atoms with van der Waals surface area (Å²) >= 11 is 0. The number of aliphatic carboxylic acids is 1. The number of hydrogen-bond donors (Lipinski definition) is 4. The third-order valence-electron chi connectivity index (χ3n) is 6.40. The highest BCUT2D eigenvalue weighted by molar-refractivity contribution is 6.31. The van der Waals surface area contributed by atoms with Gasteiger partial charge in [-0.2, -0.15) is 0 Å². The minimum absolute atomic E-state index is 0.0186. The Kier molecular flexibility index (Phi) is 5.51. The zero-order valence-electron chi connectivity index (χ0n) is 19.5. The molecule has 4 rings (SSSR count). The molecule has 0 bridgehead atoms. The largest absolute Gasteiger partial charge is 0.507 e. The van der Waals surface area contributed by atoms with E-state index in [1.807, 2.05) is 0 Å². The van der Waals surface area contributed by atoms with Gasteiger partial charge in [-0.1, -0.05) is 12.1 Å². The molecule has 1 aliphatic heterocycles. The molecule has 0 aromatic heterocycles. The average Bonchev–Trinajstić information content (AvgIpc) is 3.06. The lowest BCUT2D eigenvalue weighted by atomic mass is 9.70. The molecule has 0 radical (unpaired) electrons. The molecule has 9 heteroatoms. The molecule has 0 saturated heterocycles. The number of fused-ring (bicyclic) bond motifs is 3. The van der Waals surface area contributed by atoms with Crippen LogP contribution in [0.25, 0.3) is 0 Å². The quantitative estimate of drug-likeness (QED) is 0.289. The molecule has 0 saturated carbocycles. The first-order valence-electron chi connectivity index (χ1n) is 10.8. The molecule has 0 spiro atoms. The number of benzene rings is 2. The number of carbonyl (C=O) groups is 4. The van der Waals surface area contributed by atoms with E-state index in [-0.39, 0.29) is 45.9 Å².